The third kappa shape index (κ3) is 8.17. The predicted molar refractivity (Wildman–Crippen MR) is 124 cm³/mol. The molecule has 0 bridgehead atoms. The molecule has 3 aromatic rings. The third-order valence-corrected chi connectivity index (χ3v) is 5.40. The Bertz CT molecular complexity index is 1140. The van der Waals surface area contributed by atoms with Gasteiger partial charge in [0, 0.05) is 25.0 Å². The smallest absolute Gasteiger partial charge is 0.294 e. The van der Waals surface area contributed by atoms with Crippen LogP contribution in [0.3, 0.4) is 0 Å². The molecule has 0 aliphatic rings. The van der Waals surface area contributed by atoms with Crippen molar-refractivity contribution in [3.8, 4) is 5.75 Å². The summed E-state index contributed by atoms with van der Waals surface area (Å²) in [7, 11) is -4.23. The lowest BCUT2D eigenvalue weighted by molar-refractivity contribution is 0.136. The maximum Gasteiger partial charge on any atom is 0.294 e. The molecule has 3 aromatic carbocycles. The van der Waals surface area contributed by atoms with Gasteiger partial charge in [-0.05, 0) is 35.7 Å². The minimum atomic E-state index is -4.23. The molecule has 0 saturated heterocycles. The van der Waals surface area contributed by atoms with Gasteiger partial charge in [-0.25, -0.2) is 0 Å². The lowest BCUT2D eigenvalue weighted by Gasteiger charge is -2.17. The van der Waals surface area contributed by atoms with E-state index in [-0.39, 0.29) is 30.5 Å². The number of phenols is 1. The van der Waals surface area contributed by atoms with Gasteiger partial charge >= 0.3 is 0 Å². The van der Waals surface area contributed by atoms with Crippen molar-refractivity contribution in [1.29, 1.82) is 0 Å². The van der Waals surface area contributed by atoms with Crippen LogP contribution < -0.4 is 0 Å². The molecule has 0 heterocycles. The van der Waals surface area contributed by atoms with E-state index < -0.39 is 10.1 Å². The summed E-state index contributed by atoms with van der Waals surface area (Å²) >= 11 is 0. The number of aliphatic hydroxyl groups is 3. The molecule has 0 unspecified atom stereocenters. The molecule has 11 heteroatoms. The molecule has 0 aliphatic carbocycles. The minimum absolute atomic E-state index is 0.00186. The molecule has 0 aliphatic heterocycles. The van der Waals surface area contributed by atoms with Crippen LogP contribution in [0, 0.1) is 0 Å². The van der Waals surface area contributed by atoms with Crippen LogP contribution in [0.5, 0.6) is 5.75 Å². The van der Waals surface area contributed by atoms with Crippen LogP contribution in [0.15, 0.2) is 75.8 Å². The van der Waals surface area contributed by atoms with E-state index in [0.29, 0.717) is 31.0 Å². The van der Waals surface area contributed by atoms with Crippen LogP contribution in [-0.4, -0.2) is 77.8 Å². The summed E-state index contributed by atoms with van der Waals surface area (Å²) in [5.74, 6) is 0.00186. The van der Waals surface area contributed by atoms with Crippen molar-refractivity contribution >= 4 is 32.3 Å². The molecule has 0 fully saturated rings. The van der Waals surface area contributed by atoms with Gasteiger partial charge in [0.1, 0.15) is 11.4 Å². The summed E-state index contributed by atoms with van der Waals surface area (Å²) in [5, 5.41) is 45.2. The number of hydrogen-bond acceptors (Lipinski definition) is 9. The molecule has 10 nitrogen and oxygen atoms in total. The molecule has 0 atom stereocenters. The van der Waals surface area contributed by atoms with Crippen LogP contribution in [0.25, 0.3) is 10.8 Å². The first-order valence-corrected chi connectivity index (χ1v) is 11.5. The van der Waals surface area contributed by atoms with Crippen molar-refractivity contribution in [3.63, 3.8) is 0 Å². The van der Waals surface area contributed by atoms with Crippen molar-refractivity contribution in [2.75, 3.05) is 39.5 Å². The molecule has 0 amide bonds. The molecule has 0 radical (unpaired) electrons. The average Bonchev–Trinajstić information content (AvgIpc) is 2.79. The highest BCUT2D eigenvalue weighted by Crippen LogP contribution is 2.35. The second kappa shape index (κ2) is 12.9. The van der Waals surface area contributed by atoms with E-state index in [1.54, 1.807) is 11.0 Å². The summed E-state index contributed by atoms with van der Waals surface area (Å²) in [6.45, 7) is 1.75. The Morgan fingerprint density at radius 2 is 1.33 bits per heavy atom. The zero-order chi connectivity index (χ0) is 24.3. The fourth-order valence-corrected chi connectivity index (χ4v) is 3.38. The van der Waals surface area contributed by atoms with Gasteiger partial charge in [0.15, 0.2) is 0 Å². The van der Waals surface area contributed by atoms with Gasteiger partial charge in [0.05, 0.1) is 30.4 Å². The molecule has 5 N–H and O–H groups in total. The van der Waals surface area contributed by atoms with Gasteiger partial charge in [-0.15, -0.1) is 5.11 Å². The molecule has 3 rings (SSSR count). The van der Waals surface area contributed by atoms with E-state index in [4.69, 9.17) is 19.9 Å². The maximum absolute atomic E-state index is 11.0. The van der Waals surface area contributed by atoms with Crippen LogP contribution in [0.2, 0.25) is 0 Å². The number of aliphatic hydroxyl groups excluding tert-OH is 3. The van der Waals surface area contributed by atoms with Gasteiger partial charge in [0.2, 0.25) is 0 Å². The van der Waals surface area contributed by atoms with Gasteiger partial charge in [-0.3, -0.25) is 9.45 Å². The number of hydrogen-bond donors (Lipinski definition) is 5. The Hall–Kier alpha value is -2.93. The number of azo groups is 1. The fourth-order valence-electron chi connectivity index (χ4n) is 2.90. The Labute approximate surface area is 191 Å². The lowest BCUT2D eigenvalue weighted by atomic mass is 10.1. The number of phenolic OH excluding ortho intramolecular Hbond substituents is 1. The molecule has 0 aromatic heterocycles. The van der Waals surface area contributed by atoms with Crippen LogP contribution in [-0.2, 0) is 10.1 Å². The highest BCUT2D eigenvalue weighted by Gasteiger charge is 2.09. The summed E-state index contributed by atoms with van der Waals surface area (Å²) in [6.07, 6.45) is 0. The second-order valence-corrected chi connectivity index (χ2v) is 8.26. The summed E-state index contributed by atoms with van der Waals surface area (Å²) in [6, 6.07) is 16.0. The Morgan fingerprint density at radius 3 is 1.88 bits per heavy atom. The largest absolute Gasteiger partial charge is 0.506 e. The SMILES string of the molecule is O=S(=O)(O)c1ccc(N=Nc2c(O)ccc3ccccc23)cc1.OCCN(CCO)CCO. The summed E-state index contributed by atoms with van der Waals surface area (Å²) < 4.78 is 30.9. The first-order valence-electron chi connectivity index (χ1n) is 10.0. The van der Waals surface area contributed by atoms with E-state index in [0.717, 1.165) is 10.8 Å². The molecule has 0 spiro atoms. The standard InChI is InChI=1S/C16H12N2O4S.C6H15NO3/c19-15-10-5-11-3-1-2-4-14(11)16(15)18-17-12-6-8-13(9-7-12)23(20,21)22;8-4-1-7(2-5-9)3-6-10/h1-10,19H,(H,20,21,22);8-10H,1-6H2. The maximum atomic E-state index is 11.0. The van der Waals surface area contributed by atoms with Crippen molar-refractivity contribution in [3.05, 3.63) is 60.7 Å². The molecule has 178 valence electrons. The topological polar surface area (TPSA) is 163 Å². The van der Waals surface area contributed by atoms with Gasteiger partial charge in [0.25, 0.3) is 10.1 Å². The Morgan fingerprint density at radius 1 is 0.758 bits per heavy atom. The highest BCUT2D eigenvalue weighted by molar-refractivity contribution is 7.85. The van der Waals surface area contributed by atoms with E-state index in [1.165, 1.54) is 30.3 Å². The quantitative estimate of drug-likeness (QED) is 0.232. The van der Waals surface area contributed by atoms with Gasteiger partial charge in [-0.1, -0.05) is 30.3 Å². The molecular weight excluding hydrogens is 450 g/mol. The van der Waals surface area contributed by atoms with Crippen molar-refractivity contribution in [1.82, 2.24) is 4.90 Å². The van der Waals surface area contributed by atoms with Crippen molar-refractivity contribution in [2.45, 2.75) is 4.90 Å². The van der Waals surface area contributed by atoms with E-state index in [9.17, 15) is 13.5 Å². The van der Waals surface area contributed by atoms with Crippen molar-refractivity contribution in [2.24, 2.45) is 10.2 Å². The highest BCUT2D eigenvalue weighted by atomic mass is 32.2. The van der Waals surface area contributed by atoms with Crippen LogP contribution in [0.4, 0.5) is 11.4 Å². The van der Waals surface area contributed by atoms with E-state index in [1.807, 2.05) is 24.3 Å². The fraction of sp³-hybridized carbons (Fsp3) is 0.273. The van der Waals surface area contributed by atoms with Crippen LogP contribution in [0.1, 0.15) is 0 Å². The number of rotatable bonds is 9. The predicted octanol–water partition coefficient (Wildman–Crippen LogP) is 2.47. The number of benzene rings is 3. The zero-order valence-electron chi connectivity index (χ0n) is 17.8. The minimum Gasteiger partial charge on any atom is -0.506 e. The Balaban J connectivity index is 0.000000328. The van der Waals surface area contributed by atoms with E-state index in [2.05, 4.69) is 10.2 Å². The monoisotopic (exact) mass is 477 g/mol. The summed E-state index contributed by atoms with van der Waals surface area (Å²) in [5.41, 5.74) is 0.728. The molecule has 33 heavy (non-hydrogen) atoms. The Kier molecular flexibility index (Phi) is 10.3. The third-order valence-electron chi connectivity index (χ3n) is 4.53. The average molecular weight is 478 g/mol. The van der Waals surface area contributed by atoms with Crippen molar-refractivity contribution < 1.29 is 33.4 Å². The normalized spacial score (nSPS) is 11.7. The lowest BCUT2D eigenvalue weighted by Crippen LogP contribution is -2.32. The number of fused-ring (bicyclic) bond motifs is 1. The van der Waals surface area contributed by atoms with E-state index >= 15 is 0 Å². The number of aromatic hydroxyl groups is 1. The van der Waals surface area contributed by atoms with Gasteiger partial charge < -0.3 is 20.4 Å². The molecular formula is C22H27N3O7S. The first-order chi connectivity index (χ1) is 15.8. The second-order valence-electron chi connectivity index (χ2n) is 6.84. The van der Waals surface area contributed by atoms with Gasteiger partial charge in [-0.2, -0.15) is 13.5 Å². The first kappa shape index (κ1) is 26.3. The van der Waals surface area contributed by atoms with Crippen LogP contribution >= 0.6 is 0 Å². The number of nitrogens with zero attached hydrogens (tertiary/aromatic N) is 3. The molecule has 0 saturated carbocycles. The zero-order valence-corrected chi connectivity index (χ0v) is 18.6. The summed E-state index contributed by atoms with van der Waals surface area (Å²) in [4.78, 5) is 1.57.